The van der Waals surface area contributed by atoms with Crippen LogP contribution in [0.4, 0.5) is 0 Å². The van der Waals surface area contributed by atoms with E-state index in [9.17, 15) is 8.42 Å². The Hall–Kier alpha value is -0.0900. The van der Waals surface area contributed by atoms with E-state index >= 15 is 0 Å². The Bertz CT molecular complexity index is 298. The third kappa shape index (κ3) is 7.37. The van der Waals surface area contributed by atoms with Gasteiger partial charge in [-0.3, -0.25) is 4.18 Å². The number of unbranched alkanes of at least 4 members (excludes halogenated alkanes) is 7. The van der Waals surface area contributed by atoms with Crippen LogP contribution in [0.5, 0.6) is 0 Å². The highest BCUT2D eigenvalue weighted by Gasteiger charge is 2.24. The molecule has 3 nitrogen and oxygen atoms in total. The maximum atomic E-state index is 11.3. The fourth-order valence-electron chi connectivity index (χ4n) is 2.49. The van der Waals surface area contributed by atoms with E-state index in [4.69, 9.17) is 4.18 Å². The minimum atomic E-state index is -3.19. The molecule has 0 saturated carbocycles. The summed E-state index contributed by atoms with van der Waals surface area (Å²) in [4.78, 5) is 0. The van der Waals surface area contributed by atoms with Gasteiger partial charge in [0.1, 0.15) is 0 Å². The molecule has 0 aromatic heterocycles. The van der Waals surface area contributed by atoms with Crippen LogP contribution >= 0.6 is 0 Å². The zero-order valence-electron chi connectivity index (χ0n) is 11.7. The van der Waals surface area contributed by atoms with Crippen LogP contribution in [0.25, 0.3) is 0 Å². The monoisotopic (exact) mass is 276 g/mol. The maximum absolute atomic E-state index is 11.3. The van der Waals surface area contributed by atoms with E-state index in [0.29, 0.717) is 0 Å². The van der Waals surface area contributed by atoms with Crippen LogP contribution in [-0.2, 0) is 14.3 Å². The van der Waals surface area contributed by atoms with Crippen molar-refractivity contribution in [1.29, 1.82) is 0 Å². The normalized spacial score (nSPS) is 23.1. The van der Waals surface area contributed by atoms with E-state index in [1.54, 1.807) is 0 Å². The predicted octanol–water partition coefficient (Wildman–Crippen LogP) is 4.03. The van der Waals surface area contributed by atoms with Crippen molar-refractivity contribution in [2.75, 3.05) is 5.75 Å². The van der Waals surface area contributed by atoms with Gasteiger partial charge in [-0.05, 0) is 19.3 Å². The SMILES string of the molecule is CCCCCCCCCCC1CCCS(=O)(=O)O1. The molecule has 1 atom stereocenters. The van der Waals surface area contributed by atoms with E-state index in [-0.39, 0.29) is 11.9 Å². The Morgan fingerprint density at radius 3 is 2.22 bits per heavy atom. The summed E-state index contributed by atoms with van der Waals surface area (Å²) < 4.78 is 27.7. The second kappa shape index (κ2) is 8.92. The molecule has 1 aliphatic rings. The van der Waals surface area contributed by atoms with Crippen molar-refractivity contribution in [1.82, 2.24) is 0 Å². The fraction of sp³-hybridized carbons (Fsp3) is 1.00. The molecule has 1 rings (SSSR count). The standard InChI is InChI=1S/C14H28O3S/c1-2-3-4-5-6-7-8-9-11-14-12-10-13-18(15,16)17-14/h14H,2-13H2,1H3. The third-order valence-corrected chi connectivity index (χ3v) is 4.94. The molecule has 1 saturated heterocycles. The predicted molar refractivity (Wildman–Crippen MR) is 75.1 cm³/mol. The molecule has 1 aliphatic heterocycles. The lowest BCUT2D eigenvalue weighted by atomic mass is 10.0. The number of hydrogen-bond donors (Lipinski definition) is 0. The van der Waals surface area contributed by atoms with Gasteiger partial charge in [0, 0.05) is 0 Å². The maximum Gasteiger partial charge on any atom is 0.267 e. The summed E-state index contributed by atoms with van der Waals surface area (Å²) in [5.41, 5.74) is 0. The van der Waals surface area contributed by atoms with Gasteiger partial charge in [-0.2, -0.15) is 8.42 Å². The highest BCUT2D eigenvalue weighted by molar-refractivity contribution is 7.86. The largest absolute Gasteiger partial charge is 0.267 e. The molecule has 0 spiro atoms. The Kier molecular flexibility index (Phi) is 7.91. The zero-order chi connectivity index (χ0) is 13.3. The minimum Gasteiger partial charge on any atom is -0.267 e. The topological polar surface area (TPSA) is 43.4 Å². The van der Waals surface area contributed by atoms with Gasteiger partial charge in [0.05, 0.1) is 11.9 Å². The molecule has 0 radical (unpaired) electrons. The van der Waals surface area contributed by atoms with Gasteiger partial charge in [0.15, 0.2) is 0 Å². The molecule has 0 amide bonds. The van der Waals surface area contributed by atoms with E-state index < -0.39 is 10.1 Å². The van der Waals surface area contributed by atoms with Gasteiger partial charge >= 0.3 is 0 Å². The smallest absolute Gasteiger partial charge is 0.267 e. The summed E-state index contributed by atoms with van der Waals surface area (Å²) in [6.45, 7) is 2.23. The molecule has 4 heteroatoms. The van der Waals surface area contributed by atoms with E-state index in [0.717, 1.165) is 25.7 Å². The molecule has 1 heterocycles. The summed E-state index contributed by atoms with van der Waals surface area (Å²) in [5.74, 6) is 0.209. The van der Waals surface area contributed by atoms with Crippen LogP contribution < -0.4 is 0 Å². The fourth-order valence-corrected chi connectivity index (χ4v) is 3.71. The van der Waals surface area contributed by atoms with Crippen molar-refractivity contribution < 1.29 is 12.6 Å². The number of rotatable bonds is 9. The summed E-state index contributed by atoms with van der Waals surface area (Å²) in [6.07, 6.45) is 12.8. The Morgan fingerprint density at radius 1 is 1.00 bits per heavy atom. The average molecular weight is 276 g/mol. The summed E-state index contributed by atoms with van der Waals surface area (Å²) in [7, 11) is -3.19. The van der Waals surface area contributed by atoms with E-state index in [1.807, 2.05) is 0 Å². The highest BCUT2D eigenvalue weighted by Crippen LogP contribution is 2.21. The Labute approximate surface area is 112 Å². The summed E-state index contributed by atoms with van der Waals surface area (Å²) >= 11 is 0. The molecule has 18 heavy (non-hydrogen) atoms. The molecule has 1 fully saturated rings. The first kappa shape index (κ1) is 16.0. The first-order valence-electron chi connectivity index (χ1n) is 7.55. The van der Waals surface area contributed by atoms with Crippen LogP contribution in [0.1, 0.15) is 77.6 Å². The lowest BCUT2D eigenvalue weighted by Crippen LogP contribution is -2.26. The van der Waals surface area contributed by atoms with Crippen molar-refractivity contribution in [3.8, 4) is 0 Å². The first-order chi connectivity index (χ1) is 8.64. The second-order valence-electron chi connectivity index (χ2n) is 5.39. The van der Waals surface area contributed by atoms with Gasteiger partial charge in [-0.1, -0.05) is 58.3 Å². The van der Waals surface area contributed by atoms with E-state index in [1.165, 1.54) is 44.9 Å². The van der Waals surface area contributed by atoms with Gasteiger partial charge < -0.3 is 0 Å². The molecule has 0 bridgehead atoms. The minimum absolute atomic E-state index is 0.0381. The summed E-state index contributed by atoms with van der Waals surface area (Å²) in [5, 5.41) is 0. The van der Waals surface area contributed by atoms with Gasteiger partial charge in [-0.25, -0.2) is 0 Å². The van der Waals surface area contributed by atoms with Crippen molar-refractivity contribution in [2.24, 2.45) is 0 Å². The van der Waals surface area contributed by atoms with Crippen LogP contribution in [-0.4, -0.2) is 20.3 Å². The Balaban J connectivity index is 1.94. The summed E-state index contributed by atoms with van der Waals surface area (Å²) in [6, 6.07) is 0. The molecule has 108 valence electrons. The van der Waals surface area contributed by atoms with Crippen molar-refractivity contribution in [3.63, 3.8) is 0 Å². The Morgan fingerprint density at radius 2 is 1.61 bits per heavy atom. The molecule has 1 unspecified atom stereocenters. The molecular weight excluding hydrogens is 248 g/mol. The van der Waals surface area contributed by atoms with E-state index in [2.05, 4.69) is 6.92 Å². The highest BCUT2D eigenvalue weighted by atomic mass is 32.2. The quantitative estimate of drug-likeness (QED) is 0.472. The molecular formula is C14H28O3S. The molecule has 0 aromatic carbocycles. The van der Waals surface area contributed by atoms with Crippen molar-refractivity contribution >= 4 is 10.1 Å². The van der Waals surface area contributed by atoms with Crippen molar-refractivity contribution in [3.05, 3.63) is 0 Å². The second-order valence-corrected chi connectivity index (χ2v) is 7.10. The van der Waals surface area contributed by atoms with Crippen molar-refractivity contribution in [2.45, 2.75) is 83.7 Å². The molecule has 0 N–H and O–H groups in total. The first-order valence-corrected chi connectivity index (χ1v) is 9.13. The average Bonchev–Trinajstić information content (AvgIpc) is 2.31. The third-order valence-electron chi connectivity index (χ3n) is 3.58. The van der Waals surface area contributed by atoms with Crippen LogP contribution in [0.3, 0.4) is 0 Å². The van der Waals surface area contributed by atoms with Crippen LogP contribution in [0.2, 0.25) is 0 Å². The van der Waals surface area contributed by atoms with Gasteiger partial charge in [-0.15, -0.1) is 0 Å². The lowest BCUT2D eigenvalue weighted by molar-refractivity contribution is 0.169. The van der Waals surface area contributed by atoms with Gasteiger partial charge in [0.2, 0.25) is 0 Å². The molecule has 0 aromatic rings. The zero-order valence-corrected chi connectivity index (χ0v) is 12.5. The lowest BCUT2D eigenvalue weighted by Gasteiger charge is -2.21. The van der Waals surface area contributed by atoms with Crippen LogP contribution in [0, 0.1) is 0 Å². The van der Waals surface area contributed by atoms with Gasteiger partial charge in [0.25, 0.3) is 10.1 Å². The van der Waals surface area contributed by atoms with Crippen LogP contribution in [0.15, 0.2) is 0 Å². The molecule has 0 aliphatic carbocycles. The number of hydrogen-bond acceptors (Lipinski definition) is 3.